The topological polar surface area (TPSA) is 85.3 Å². The summed E-state index contributed by atoms with van der Waals surface area (Å²) in [6.45, 7) is 2.52. The number of fused-ring (bicyclic) bond motifs is 4. The second kappa shape index (κ2) is 6.43. The number of amides is 1. The number of benzene rings is 1. The molecule has 1 amide bonds. The van der Waals surface area contributed by atoms with Crippen LogP contribution in [0.1, 0.15) is 24.5 Å². The predicted molar refractivity (Wildman–Crippen MR) is 95.7 cm³/mol. The van der Waals surface area contributed by atoms with Crippen LogP contribution in [-0.4, -0.2) is 50.8 Å². The van der Waals surface area contributed by atoms with Crippen LogP contribution in [0.5, 0.6) is 5.75 Å². The van der Waals surface area contributed by atoms with E-state index in [-0.39, 0.29) is 24.3 Å². The zero-order chi connectivity index (χ0) is 21.2. The van der Waals surface area contributed by atoms with Crippen LogP contribution < -0.4 is 4.18 Å². The van der Waals surface area contributed by atoms with Gasteiger partial charge in [0.1, 0.15) is 11.6 Å². The van der Waals surface area contributed by atoms with Gasteiger partial charge in [-0.2, -0.15) is 21.6 Å². The summed E-state index contributed by atoms with van der Waals surface area (Å²) in [7, 11) is -4.25. The average molecular weight is 432 g/mol. The quantitative estimate of drug-likeness (QED) is 0.529. The van der Waals surface area contributed by atoms with Crippen molar-refractivity contribution < 1.29 is 35.3 Å². The van der Waals surface area contributed by atoms with Gasteiger partial charge in [-0.3, -0.25) is 9.79 Å². The number of carbonyl (C=O) groups excluding carboxylic acids is 1. The highest BCUT2D eigenvalue weighted by Gasteiger charge is 2.59. The van der Waals surface area contributed by atoms with Crippen molar-refractivity contribution in [3.05, 3.63) is 29.3 Å². The third kappa shape index (κ3) is 2.93. The molecule has 0 bridgehead atoms. The van der Waals surface area contributed by atoms with Crippen LogP contribution in [0.25, 0.3) is 0 Å². The summed E-state index contributed by atoms with van der Waals surface area (Å²) in [6, 6.07) is 3.88. The van der Waals surface area contributed by atoms with Crippen LogP contribution in [0.2, 0.25) is 0 Å². The number of carbonyl (C=O) groups is 1. The summed E-state index contributed by atoms with van der Waals surface area (Å²) in [5, 5.41) is 0. The highest BCUT2D eigenvalue weighted by molar-refractivity contribution is 7.88. The summed E-state index contributed by atoms with van der Waals surface area (Å²) < 4.78 is 70.9. The van der Waals surface area contributed by atoms with E-state index in [1.54, 1.807) is 14.0 Å². The Kier molecular flexibility index (Phi) is 4.47. The molecule has 1 fully saturated rings. The number of likely N-dealkylation sites (N-methyl/N-ethyl adjacent to an activating group) is 1. The van der Waals surface area contributed by atoms with E-state index in [2.05, 4.69) is 9.18 Å². The minimum absolute atomic E-state index is 0.119. The Morgan fingerprint density at radius 1 is 1.34 bits per heavy atom. The summed E-state index contributed by atoms with van der Waals surface area (Å²) >= 11 is 0. The molecule has 1 aromatic rings. The van der Waals surface area contributed by atoms with Gasteiger partial charge in [-0.05, 0) is 48.9 Å². The van der Waals surface area contributed by atoms with Crippen LogP contribution in [0.4, 0.5) is 13.2 Å². The maximum Gasteiger partial charge on any atom is 0.534 e. The van der Waals surface area contributed by atoms with Crippen molar-refractivity contribution >= 4 is 21.9 Å². The number of nitrogens with zero attached hydrogens (tertiary/aromatic N) is 2. The van der Waals surface area contributed by atoms with Gasteiger partial charge in [0.2, 0.25) is 0 Å². The Bertz CT molecular complexity index is 1010. The number of hydrogen-bond acceptors (Lipinski definition) is 6. The molecule has 2 heterocycles. The third-order valence-corrected chi connectivity index (χ3v) is 6.93. The lowest BCUT2D eigenvalue weighted by Gasteiger charge is -2.46. The van der Waals surface area contributed by atoms with Gasteiger partial charge in [-0.1, -0.05) is 6.07 Å². The second-order valence-corrected chi connectivity index (χ2v) is 9.06. The van der Waals surface area contributed by atoms with E-state index < -0.39 is 26.9 Å². The van der Waals surface area contributed by atoms with Gasteiger partial charge in [-0.25, -0.2) is 0 Å². The number of rotatable bonds is 2. The number of hydrogen-bond donors (Lipinski definition) is 0. The van der Waals surface area contributed by atoms with Gasteiger partial charge in [0.05, 0.1) is 6.61 Å². The monoisotopic (exact) mass is 432 g/mol. The maximum atomic E-state index is 13.3. The molecule has 1 saturated heterocycles. The van der Waals surface area contributed by atoms with Crippen molar-refractivity contribution in [2.75, 3.05) is 20.3 Å². The van der Waals surface area contributed by atoms with E-state index in [4.69, 9.17) is 4.74 Å². The predicted octanol–water partition coefficient (Wildman–Crippen LogP) is 2.21. The van der Waals surface area contributed by atoms with Gasteiger partial charge in [-0.15, -0.1) is 0 Å². The minimum Gasteiger partial charge on any atom is -0.381 e. The Labute approximate surface area is 165 Å². The summed E-state index contributed by atoms with van der Waals surface area (Å²) in [5.74, 6) is -0.529. The molecule has 0 saturated carbocycles. The molecule has 2 aliphatic heterocycles. The Morgan fingerprint density at radius 3 is 2.69 bits per heavy atom. The highest BCUT2D eigenvalue weighted by Crippen LogP contribution is 2.52. The van der Waals surface area contributed by atoms with Crippen LogP contribution in [0, 0.1) is 11.8 Å². The molecule has 4 rings (SSSR count). The first-order chi connectivity index (χ1) is 13.5. The minimum atomic E-state index is -5.83. The molecule has 0 N–H and O–H groups in total. The lowest BCUT2D eigenvalue weighted by molar-refractivity contribution is -0.137. The normalized spacial score (nSPS) is 29.5. The molecule has 0 aromatic heterocycles. The van der Waals surface area contributed by atoms with E-state index in [1.807, 2.05) is 0 Å². The van der Waals surface area contributed by atoms with E-state index >= 15 is 0 Å². The molecule has 29 heavy (non-hydrogen) atoms. The molecule has 1 aliphatic carbocycles. The van der Waals surface area contributed by atoms with Gasteiger partial charge in [0, 0.05) is 19.6 Å². The molecule has 1 aromatic carbocycles. The van der Waals surface area contributed by atoms with Crippen LogP contribution in [0.3, 0.4) is 0 Å². The third-order valence-electron chi connectivity index (χ3n) is 5.95. The van der Waals surface area contributed by atoms with Crippen molar-refractivity contribution in [2.24, 2.45) is 16.8 Å². The number of halogens is 3. The molecule has 11 heteroatoms. The van der Waals surface area contributed by atoms with Gasteiger partial charge in [0.25, 0.3) is 5.91 Å². The fourth-order valence-electron chi connectivity index (χ4n) is 4.48. The molecule has 3 atom stereocenters. The van der Waals surface area contributed by atoms with Crippen LogP contribution >= 0.6 is 0 Å². The molecule has 7 nitrogen and oxygen atoms in total. The first-order valence-electron chi connectivity index (χ1n) is 9.04. The summed E-state index contributed by atoms with van der Waals surface area (Å²) in [6.07, 6.45) is 1.33. The lowest BCUT2D eigenvalue weighted by atomic mass is 9.62. The molecule has 0 radical (unpaired) electrons. The first-order valence-corrected chi connectivity index (χ1v) is 10.4. The fourth-order valence-corrected chi connectivity index (χ4v) is 4.93. The smallest absolute Gasteiger partial charge is 0.381 e. The zero-order valence-corrected chi connectivity index (χ0v) is 16.5. The van der Waals surface area contributed by atoms with Crippen LogP contribution in [-0.2, 0) is 31.6 Å². The lowest BCUT2D eigenvalue weighted by Crippen LogP contribution is -2.53. The highest BCUT2D eigenvalue weighted by atomic mass is 32.2. The zero-order valence-electron chi connectivity index (χ0n) is 15.7. The number of alkyl halides is 3. The second-order valence-electron chi connectivity index (χ2n) is 7.53. The molecule has 3 aliphatic rings. The van der Waals surface area contributed by atoms with Crippen molar-refractivity contribution in [3.8, 4) is 5.75 Å². The number of amidine groups is 1. The van der Waals surface area contributed by atoms with Crippen molar-refractivity contribution in [1.82, 2.24) is 4.90 Å². The van der Waals surface area contributed by atoms with Gasteiger partial charge in [0.15, 0.2) is 5.54 Å². The van der Waals surface area contributed by atoms with E-state index in [1.165, 1.54) is 23.1 Å². The largest absolute Gasteiger partial charge is 0.534 e. The Balaban J connectivity index is 1.86. The molecular weight excluding hydrogens is 413 g/mol. The van der Waals surface area contributed by atoms with E-state index in [0.717, 1.165) is 12.0 Å². The SMILES string of the molecule is CC1=NC2(C(=O)N1C)c1cc(OS(=O)(=O)C(F)(F)F)ccc1CC1CCOC[C@@H]12. The van der Waals surface area contributed by atoms with Gasteiger partial charge >= 0.3 is 15.6 Å². The Hall–Kier alpha value is -2.14. The van der Waals surface area contributed by atoms with E-state index in [9.17, 15) is 26.4 Å². The first kappa shape index (κ1) is 20.1. The van der Waals surface area contributed by atoms with Crippen LogP contribution in [0.15, 0.2) is 23.2 Å². The molecule has 1 spiro atoms. The van der Waals surface area contributed by atoms with Gasteiger partial charge < -0.3 is 13.8 Å². The molecular formula is C18H19F3N2O5S. The van der Waals surface area contributed by atoms with Crippen molar-refractivity contribution in [2.45, 2.75) is 30.8 Å². The van der Waals surface area contributed by atoms with Crippen molar-refractivity contribution in [3.63, 3.8) is 0 Å². The standard InChI is InChI=1S/C18H19F3N2O5S/c1-10-22-17(16(24)23(10)2)14-8-13(28-29(25,26)18(19,20)21)4-3-11(14)7-12-5-6-27-9-15(12)17/h3-4,8,12,15H,5-7,9H2,1-2H3/t12?,15-,17?/m0/s1. The van der Waals surface area contributed by atoms with E-state index in [0.29, 0.717) is 24.4 Å². The summed E-state index contributed by atoms with van der Waals surface area (Å²) in [5.41, 5.74) is -5.81. The number of aliphatic imine (C=N–C) groups is 1. The fraction of sp³-hybridized carbons (Fsp3) is 0.556. The maximum absolute atomic E-state index is 13.3. The summed E-state index contributed by atoms with van der Waals surface area (Å²) in [4.78, 5) is 19.3. The number of ether oxygens (including phenoxy) is 1. The molecule has 158 valence electrons. The average Bonchev–Trinajstić information content (AvgIpc) is 2.86. The molecule has 2 unspecified atom stereocenters. The van der Waals surface area contributed by atoms with Crippen molar-refractivity contribution in [1.29, 1.82) is 0 Å². The Morgan fingerprint density at radius 2 is 2.07 bits per heavy atom.